The highest BCUT2D eigenvalue weighted by Crippen LogP contribution is 2.13. The highest BCUT2D eigenvalue weighted by atomic mass is 16.5. The molecule has 2 rings (SSSR count). The van der Waals surface area contributed by atoms with Gasteiger partial charge in [0.25, 0.3) is 5.91 Å². The lowest BCUT2D eigenvalue weighted by atomic mass is 10.1. The van der Waals surface area contributed by atoms with Crippen LogP contribution in [0.25, 0.3) is 0 Å². The summed E-state index contributed by atoms with van der Waals surface area (Å²) in [6, 6.07) is 16.5. The molecule has 110 valence electrons. The van der Waals surface area contributed by atoms with Crippen molar-refractivity contribution in [1.29, 1.82) is 0 Å². The normalized spacial score (nSPS) is 11.7. The number of rotatable bonds is 6. The standard InChI is InChI=1S/C17H19NO3/c1-13-6-5-9-15(12-13)21-11-10-18-17(20)16(19)14-7-3-2-4-8-14/h2-9,12,16,19H,10-11H2,1H3,(H,18,20). The van der Waals surface area contributed by atoms with E-state index in [9.17, 15) is 9.90 Å². The van der Waals surface area contributed by atoms with E-state index in [1.807, 2.05) is 37.3 Å². The van der Waals surface area contributed by atoms with Crippen LogP contribution in [0.3, 0.4) is 0 Å². The van der Waals surface area contributed by atoms with Gasteiger partial charge in [-0.05, 0) is 30.2 Å². The van der Waals surface area contributed by atoms with Crippen LogP contribution in [0, 0.1) is 6.92 Å². The van der Waals surface area contributed by atoms with E-state index in [1.54, 1.807) is 24.3 Å². The first-order chi connectivity index (χ1) is 10.2. The average Bonchev–Trinajstić information content (AvgIpc) is 2.51. The van der Waals surface area contributed by atoms with Crippen LogP contribution in [0.15, 0.2) is 54.6 Å². The van der Waals surface area contributed by atoms with E-state index in [0.717, 1.165) is 11.3 Å². The van der Waals surface area contributed by atoms with Gasteiger partial charge in [0.15, 0.2) is 6.10 Å². The van der Waals surface area contributed by atoms with Crippen LogP contribution in [0.4, 0.5) is 0 Å². The first-order valence-corrected chi connectivity index (χ1v) is 6.87. The van der Waals surface area contributed by atoms with Gasteiger partial charge in [0.05, 0.1) is 6.54 Å². The van der Waals surface area contributed by atoms with Crippen LogP contribution in [0.1, 0.15) is 17.2 Å². The Balaban J connectivity index is 1.74. The number of aliphatic hydroxyl groups is 1. The number of benzene rings is 2. The van der Waals surface area contributed by atoms with Crippen LogP contribution in [-0.2, 0) is 4.79 Å². The molecule has 0 radical (unpaired) electrons. The molecule has 0 saturated heterocycles. The highest BCUT2D eigenvalue weighted by molar-refractivity contribution is 5.81. The van der Waals surface area contributed by atoms with E-state index in [0.29, 0.717) is 18.7 Å². The van der Waals surface area contributed by atoms with Crippen LogP contribution in [-0.4, -0.2) is 24.2 Å². The maximum Gasteiger partial charge on any atom is 0.253 e. The lowest BCUT2D eigenvalue weighted by molar-refractivity contribution is -0.129. The predicted octanol–water partition coefficient (Wildman–Crippen LogP) is 2.22. The van der Waals surface area contributed by atoms with Crippen molar-refractivity contribution in [2.75, 3.05) is 13.2 Å². The van der Waals surface area contributed by atoms with Gasteiger partial charge in [-0.25, -0.2) is 0 Å². The molecule has 21 heavy (non-hydrogen) atoms. The molecular formula is C17H19NO3. The summed E-state index contributed by atoms with van der Waals surface area (Å²) in [6.07, 6.45) is -1.15. The Morgan fingerprint density at radius 2 is 1.95 bits per heavy atom. The first kappa shape index (κ1) is 15.1. The van der Waals surface area contributed by atoms with Crippen molar-refractivity contribution in [3.8, 4) is 5.75 Å². The number of carbonyl (C=O) groups is 1. The number of hydrogen-bond acceptors (Lipinski definition) is 3. The first-order valence-electron chi connectivity index (χ1n) is 6.87. The predicted molar refractivity (Wildman–Crippen MR) is 81.1 cm³/mol. The van der Waals surface area contributed by atoms with Gasteiger partial charge in [0.2, 0.25) is 0 Å². The number of hydrogen-bond donors (Lipinski definition) is 2. The number of carbonyl (C=O) groups excluding carboxylic acids is 1. The molecule has 2 aromatic rings. The molecule has 0 spiro atoms. The number of aliphatic hydroxyl groups excluding tert-OH is 1. The third-order valence-corrected chi connectivity index (χ3v) is 3.02. The fourth-order valence-electron chi connectivity index (χ4n) is 1.93. The Morgan fingerprint density at radius 3 is 2.67 bits per heavy atom. The Bertz CT molecular complexity index is 584. The number of nitrogens with one attached hydrogen (secondary N) is 1. The third kappa shape index (κ3) is 4.61. The fraction of sp³-hybridized carbons (Fsp3) is 0.235. The molecule has 0 aliphatic rings. The van der Waals surface area contributed by atoms with Gasteiger partial charge >= 0.3 is 0 Å². The van der Waals surface area contributed by atoms with Gasteiger partial charge in [-0.2, -0.15) is 0 Å². The largest absolute Gasteiger partial charge is 0.492 e. The molecule has 0 saturated carbocycles. The lowest BCUT2D eigenvalue weighted by Crippen LogP contribution is -2.32. The van der Waals surface area contributed by atoms with Crippen molar-refractivity contribution in [2.45, 2.75) is 13.0 Å². The smallest absolute Gasteiger partial charge is 0.253 e. The van der Waals surface area contributed by atoms with E-state index < -0.39 is 12.0 Å². The molecule has 2 N–H and O–H groups in total. The summed E-state index contributed by atoms with van der Waals surface area (Å²) in [4.78, 5) is 11.8. The van der Waals surface area contributed by atoms with Crippen molar-refractivity contribution < 1.29 is 14.6 Å². The maximum absolute atomic E-state index is 11.8. The monoisotopic (exact) mass is 285 g/mol. The molecule has 1 amide bonds. The van der Waals surface area contributed by atoms with Crippen molar-refractivity contribution in [3.63, 3.8) is 0 Å². The van der Waals surface area contributed by atoms with E-state index in [2.05, 4.69) is 5.32 Å². The molecule has 1 atom stereocenters. The lowest BCUT2D eigenvalue weighted by Gasteiger charge is -2.12. The molecule has 0 aromatic heterocycles. The molecule has 4 heteroatoms. The summed E-state index contributed by atoms with van der Waals surface area (Å²) < 4.78 is 5.53. The second-order valence-corrected chi connectivity index (χ2v) is 4.77. The Hall–Kier alpha value is -2.33. The molecule has 4 nitrogen and oxygen atoms in total. The zero-order valence-corrected chi connectivity index (χ0v) is 12.0. The van der Waals surface area contributed by atoms with Crippen LogP contribution >= 0.6 is 0 Å². The van der Waals surface area contributed by atoms with Crippen molar-refractivity contribution in [1.82, 2.24) is 5.32 Å². The molecule has 0 bridgehead atoms. The molecule has 0 aliphatic carbocycles. The van der Waals surface area contributed by atoms with Gasteiger partial charge in [-0.3, -0.25) is 4.79 Å². The third-order valence-electron chi connectivity index (χ3n) is 3.02. The van der Waals surface area contributed by atoms with E-state index in [-0.39, 0.29) is 0 Å². The summed E-state index contributed by atoms with van der Waals surface area (Å²) in [5, 5.41) is 12.5. The molecular weight excluding hydrogens is 266 g/mol. The number of ether oxygens (including phenoxy) is 1. The summed E-state index contributed by atoms with van der Waals surface area (Å²) >= 11 is 0. The molecule has 1 unspecified atom stereocenters. The number of amides is 1. The zero-order valence-electron chi connectivity index (χ0n) is 12.0. The van der Waals surface area contributed by atoms with Crippen molar-refractivity contribution >= 4 is 5.91 Å². The van der Waals surface area contributed by atoms with Gasteiger partial charge in [-0.1, -0.05) is 42.5 Å². The van der Waals surface area contributed by atoms with Crippen molar-refractivity contribution in [3.05, 3.63) is 65.7 Å². The summed E-state index contributed by atoms with van der Waals surface area (Å²) in [5.74, 6) is 0.349. The van der Waals surface area contributed by atoms with Gasteiger partial charge in [0, 0.05) is 0 Å². The fourth-order valence-corrected chi connectivity index (χ4v) is 1.93. The van der Waals surface area contributed by atoms with E-state index in [4.69, 9.17) is 4.74 Å². The summed E-state index contributed by atoms with van der Waals surface area (Å²) in [5.41, 5.74) is 1.70. The van der Waals surface area contributed by atoms with Crippen LogP contribution < -0.4 is 10.1 Å². The van der Waals surface area contributed by atoms with E-state index in [1.165, 1.54) is 0 Å². The van der Waals surface area contributed by atoms with Gasteiger partial charge in [0.1, 0.15) is 12.4 Å². The number of aryl methyl sites for hydroxylation is 1. The molecule has 0 fully saturated rings. The van der Waals surface area contributed by atoms with Crippen LogP contribution in [0.5, 0.6) is 5.75 Å². The Labute approximate surface area is 124 Å². The minimum Gasteiger partial charge on any atom is -0.492 e. The molecule has 2 aromatic carbocycles. The quantitative estimate of drug-likeness (QED) is 0.800. The minimum absolute atomic E-state index is 0.344. The SMILES string of the molecule is Cc1cccc(OCCNC(=O)C(O)c2ccccc2)c1. The summed E-state index contributed by atoms with van der Waals surface area (Å²) in [7, 11) is 0. The second kappa shape index (κ2) is 7.45. The molecule has 0 aliphatic heterocycles. The highest BCUT2D eigenvalue weighted by Gasteiger charge is 2.15. The topological polar surface area (TPSA) is 58.6 Å². The van der Waals surface area contributed by atoms with Crippen molar-refractivity contribution in [2.24, 2.45) is 0 Å². The van der Waals surface area contributed by atoms with Gasteiger partial charge < -0.3 is 15.2 Å². The maximum atomic E-state index is 11.8. The van der Waals surface area contributed by atoms with E-state index >= 15 is 0 Å². The Morgan fingerprint density at radius 1 is 1.19 bits per heavy atom. The Kier molecular flexibility index (Phi) is 5.35. The zero-order chi connectivity index (χ0) is 15.1. The van der Waals surface area contributed by atoms with Crippen LogP contribution in [0.2, 0.25) is 0 Å². The van der Waals surface area contributed by atoms with Gasteiger partial charge in [-0.15, -0.1) is 0 Å². The second-order valence-electron chi connectivity index (χ2n) is 4.77. The molecule has 0 heterocycles. The average molecular weight is 285 g/mol. The summed E-state index contributed by atoms with van der Waals surface area (Å²) in [6.45, 7) is 2.69. The minimum atomic E-state index is -1.15.